The molecular weight excluding hydrogens is 320 g/mol. The predicted molar refractivity (Wildman–Crippen MR) is 70.1 cm³/mol. The van der Waals surface area contributed by atoms with Gasteiger partial charge in [0.1, 0.15) is 11.5 Å². The summed E-state index contributed by atoms with van der Waals surface area (Å²) in [6.07, 6.45) is 1.75. The molecule has 18 heavy (non-hydrogen) atoms. The zero-order valence-corrected chi connectivity index (χ0v) is 11.9. The lowest BCUT2D eigenvalue weighted by atomic mass is 10.2. The number of hydrogen-bond acceptors (Lipinski definition) is 5. The number of hydrogen-bond donors (Lipinski definition) is 0. The van der Waals surface area contributed by atoms with Crippen LogP contribution in [0.1, 0.15) is 9.67 Å². The van der Waals surface area contributed by atoms with Crippen molar-refractivity contribution < 1.29 is 14.3 Å². The maximum atomic E-state index is 11.6. The largest absolute Gasteiger partial charge is 0.481 e. The Balaban J connectivity index is 2.17. The van der Waals surface area contributed by atoms with Crippen LogP contribution < -0.4 is 4.74 Å². The zero-order chi connectivity index (χ0) is 12.7. The fourth-order valence-electron chi connectivity index (χ4n) is 1.87. The second-order valence-electron chi connectivity index (χ2n) is 3.72. The Hall–Kier alpha value is -1.34. The lowest BCUT2D eigenvalue weighted by Gasteiger charge is -2.00. The van der Waals surface area contributed by atoms with Crippen molar-refractivity contribution in [2.45, 2.75) is 6.54 Å². The molecule has 0 atom stereocenters. The van der Waals surface area contributed by atoms with Crippen LogP contribution in [0, 0.1) is 0 Å². The highest BCUT2D eigenvalue weighted by Crippen LogP contribution is 2.42. The molecule has 1 aliphatic heterocycles. The van der Waals surface area contributed by atoms with E-state index in [0.29, 0.717) is 18.0 Å². The maximum Gasteiger partial charge on any atom is 0.348 e. The van der Waals surface area contributed by atoms with Crippen LogP contribution in [0.5, 0.6) is 5.06 Å². The van der Waals surface area contributed by atoms with Crippen LogP contribution in [0.2, 0.25) is 0 Å². The van der Waals surface area contributed by atoms with Crippen LogP contribution in [-0.2, 0) is 11.3 Å². The molecule has 0 saturated heterocycles. The molecule has 94 valence electrons. The summed E-state index contributed by atoms with van der Waals surface area (Å²) in [4.78, 5) is 12.1. The van der Waals surface area contributed by atoms with Gasteiger partial charge in [-0.2, -0.15) is 5.10 Å². The fraction of sp³-hybridized carbons (Fsp3) is 0.273. The molecule has 0 spiro atoms. The van der Waals surface area contributed by atoms with E-state index in [1.807, 2.05) is 4.68 Å². The highest BCUT2D eigenvalue weighted by atomic mass is 79.9. The van der Waals surface area contributed by atoms with Crippen molar-refractivity contribution in [2.24, 2.45) is 0 Å². The first-order valence-electron chi connectivity index (χ1n) is 5.27. The van der Waals surface area contributed by atoms with Gasteiger partial charge in [0.2, 0.25) is 0 Å². The first-order valence-corrected chi connectivity index (χ1v) is 6.88. The van der Waals surface area contributed by atoms with Gasteiger partial charge in [0, 0.05) is 0 Å². The Bertz CT molecular complexity index is 620. The minimum absolute atomic E-state index is 0.348. The Labute approximate surface area is 115 Å². The molecule has 2 aromatic rings. The van der Waals surface area contributed by atoms with E-state index in [4.69, 9.17) is 9.47 Å². The molecule has 0 amide bonds. The Morgan fingerprint density at radius 3 is 3.28 bits per heavy atom. The number of nitrogens with zero attached hydrogens (tertiary/aromatic N) is 2. The molecule has 0 radical (unpaired) electrons. The number of carbonyl (C=O) groups is 1. The monoisotopic (exact) mass is 328 g/mol. The third kappa shape index (κ3) is 1.74. The van der Waals surface area contributed by atoms with E-state index in [0.717, 1.165) is 20.8 Å². The molecule has 3 rings (SSSR count). The summed E-state index contributed by atoms with van der Waals surface area (Å²) in [5.74, 6) is -0.348. The standard InChI is InChI=1S/C11H9BrN2O3S/c1-16-10(15)8-4-6-9-7(12)5-13-14(9)2-3-17-11(6)18-8/h4-5H,2-3H2,1H3. The first-order chi connectivity index (χ1) is 8.70. The summed E-state index contributed by atoms with van der Waals surface area (Å²) in [7, 11) is 1.37. The van der Waals surface area contributed by atoms with Crippen molar-refractivity contribution in [3.05, 3.63) is 21.6 Å². The molecule has 0 saturated carbocycles. The van der Waals surface area contributed by atoms with E-state index in [1.165, 1.54) is 18.4 Å². The number of fused-ring (bicyclic) bond motifs is 3. The molecule has 0 bridgehead atoms. The molecule has 7 heteroatoms. The summed E-state index contributed by atoms with van der Waals surface area (Å²) in [5.41, 5.74) is 1.82. The van der Waals surface area contributed by atoms with Gasteiger partial charge in [-0.05, 0) is 22.0 Å². The minimum atomic E-state index is -0.348. The molecule has 0 aromatic carbocycles. The number of aromatic nitrogens is 2. The molecule has 1 aliphatic rings. The molecule has 0 aliphatic carbocycles. The van der Waals surface area contributed by atoms with Crippen LogP contribution in [0.15, 0.2) is 16.7 Å². The van der Waals surface area contributed by atoms with Crippen molar-refractivity contribution >= 4 is 33.2 Å². The molecule has 2 aromatic heterocycles. The van der Waals surface area contributed by atoms with Gasteiger partial charge in [-0.3, -0.25) is 4.68 Å². The third-order valence-corrected chi connectivity index (χ3v) is 4.28. The van der Waals surface area contributed by atoms with Crippen molar-refractivity contribution in [3.8, 4) is 16.3 Å². The lowest BCUT2D eigenvalue weighted by molar-refractivity contribution is 0.0606. The van der Waals surface area contributed by atoms with Crippen molar-refractivity contribution in [2.75, 3.05) is 13.7 Å². The zero-order valence-electron chi connectivity index (χ0n) is 9.47. The van der Waals surface area contributed by atoms with Gasteiger partial charge in [0.05, 0.1) is 35.6 Å². The summed E-state index contributed by atoms with van der Waals surface area (Å²) in [6, 6.07) is 1.79. The smallest absolute Gasteiger partial charge is 0.348 e. The normalized spacial score (nSPS) is 13.2. The summed E-state index contributed by atoms with van der Waals surface area (Å²) in [6.45, 7) is 1.23. The van der Waals surface area contributed by atoms with E-state index in [9.17, 15) is 4.79 Å². The fourth-order valence-corrected chi connectivity index (χ4v) is 3.33. The predicted octanol–water partition coefficient (Wildman–Crippen LogP) is 2.55. The van der Waals surface area contributed by atoms with Gasteiger partial charge in [0.25, 0.3) is 0 Å². The van der Waals surface area contributed by atoms with Crippen LogP contribution in [-0.4, -0.2) is 29.5 Å². The lowest BCUT2D eigenvalue weighted by Crippen LogP contribution is -2.06. The van der Waals surface area contributed by atoms with Gasteiger partial charge in [-0.1, -0.05) is 11.3 Å². The van der Waals surface area contributed by atoms with Gasteiger partial charge in [-0.15, -0.1) is 0 Å². The quantitative estimate of drug-likeness (QED) is 0.755. The van der Waals surface area contributed by atoms with Crippen LogP contribution in [0.3, 0.4) is 0 Å². The first kappa shape index (κ1) is 11.7. The van der Waals surface area contributed by atoms with Crippen molar-refractivity contribution in [3.63, 3.8) is 0 Å². The SMILES string of the molecule is COC(=O)c1cc2c(s1)OCCn1ncc(Br)c1-2. The molecular formula is C11H9BrN2O3S. The Morgan fingerprint density at radius 1 is 1.67 bits per heavy atom. The number of esters is 1. The highest BCUT2D eigenvalue weighted by molar-refractivity contribution is 9.10. The number of thiophene rings is 1. The van der Waals surface area contributed by atoms with E-state index in [2.05, 4.69) is 21.0 Å². The summed E-state index contributed by atoms with van der Waals surface area (Å²) < 4.78 is 13.1. The maximum absolute atomic E-state index is 11.6. The van der Waals surface area contributed by atoms with E-state index in [-0.39, 0.29) is 5.97 Å². The van der Waals surface area contributed by atoms with Crippen LogP contribution in [0.4, 0.5) is 0 Å². The number of carbonyl (C=O) groups excluding carboxylic acids is 1. The summed E-state index contributed by atoms with van der Waals surface area (Å²) >= 11 is 4.77. The van der Waals surface area contributed by atoms with E-state index < -0.39 is 0 Å². The van der Waals surface area contributed by atoms with Crippen LogP contribution in [0.25, 0.3) is 11.3 Å². The number of methoxy groups -OCH3 is 1. The van der Waals surface area contributed by atoms with Crippen LogP contribution >= 0.6 is 27.3 Å². The number of rotatable bonds is 1. The average molecular weight is 329 g/mol. The topological polar surface area (TPSA) is 53.4 Å². The van der Waals surface area contributed by atoms with Crippen molar-refractivity contribution in [1.29, 1.82) is 0 Å². The molecule has 5 nitrogen and oxygen atoms in total. The second kappa shape index (κ2) is 4.40. The number of halogens is 1. The Kier molecular flexibility index (Phi) is 2.87. The molecule has 0 unspecified atom stereocenters. The van der Waals surface area contributed by atoms with Gasteiger partial charge >= 0.3 is 5.97 Å². The van der Waals surface area contributed by atoms with Crippen molar-refractivity contribution in [1.82, 2.24) is 9.78 Å². The molecule has 0 N–H and O–H groups in total. The van der Waals surface area contributed by atoms with Gasteiger partial charge in [-0.25, -0.2) is 4.79 Å². The molecule has 0 fully saturated rings. The van der Waals surface area contributed by atoms with Gasteiger partial charge < -0.3 is 9.47 Å². The molecule has 3 heterocycles. The average Bonchev–Trinajstić information content (AvgIpc) is 2.89. The van der Waals surface area contributed by atoms with E-state index in [1.54, 1.807) is 12.3 Å². The third-order valence-electron chi connectivity index (χ3n) is 2.67. The highest BCUT2D eigenvalue weighted by Gasteiger charge is 2.24. The van der Waals surface area contributed by atoms with Gasteiger partial charge in [0.15, 0.2) is 5.06 Å². The minimum Gasteiger partial charge on any atom is -0.481 e. The summed E-state index contributed by atoms with van der Waals surface area (Å²) in [5, 5.41) is 5.00. The Morgan fingerprint density at radius 2 is 2.50 bits per heavy atom. The van der Waals surface area contributed by atoms with E-state index >= 15 is 0 Å². The second-order valence-corrected chi connectivity index (χ2v) is 5.59. The number of ether oxygens (including phenoxy) is 2.